The average molecular weight is 322 g/mol. The Morgan fingerprint density at radius 1 is 1.32 bits per heavy atom. The van der Waals surface area contributed by atoms with Crippen molar-refractivity contribution < 1.29 is 9.53 Å². The van der Waals surface area contributed by atoms with E-state index in [0.717, 1.165) is 13.0 Å². The number of hydrogen-bond donors (Lipinski definition) is 0. The molecule has 4 nitrogen and oxygen atoms in total. The smallest absolute Gasteiger partial charge is 0.233 e. The average Bonchev–Trinajstić information content (AvgIpc) is 2.84. The largest absolute Gasteiger partial charge is 0.379 e. The third-order valence-electron chi connectivity index (χ3n) is 3.66. The predicted molar refractivity (Wildman–Crippen MR) is 93.4 cm³/mol. The van der Waals surface area contributed by atoms with Gasteiger partial charge in [-0.05, 0) is 38.0 Å². The van der Waals surface area contributed by atoms with Gasteiger partial charge >= 0.3 is 0 Å². The molecule has 1 aromatic rings. The SMILES string of the molecule is CC(C)OCCCN1C(=O)CSC1c1ccc(N(C)C)cc1. The van der Waals surface area contributed by atoms with Gasteiger partial charge in [0, 0.05) is 32.9 Å². The number of benzene rings is 1. The Morgan fingerprint density at radius 2 is 2.00 bits per heavy atom. The molecule has 1 aliphatic rings. The summed E-state index contributed by atoms with van der Waals surface area (Å²) in [6.07, 6.45) is 1.13. The second-order valence-corrected chi connectivity index (χ2v) is 7.08. The standard InChI is InChI=1S/C17H26N2O2S/c1-13(2)21-11-5-10-19-16(20)12-22-17(19)14-6-8-15(9-7-14)18(3)4/h6-9,13,17H,5,10-12H2,1-4H3. The maximum Gasteiger partial charge on any atom is 0.233 e. The van der Waals surface area contributed by atoms with Crippen molar-refractivity contribution in [1.82, 2.24) is 4.90 Å². The second-order valence-electron chi connectivity index (χ2n) is 6.01. The first-order chi connectivity index (χ1) is 10.5. The fourth-order valence-electron chi connectivity index (χ4n) is 2.46. The lowest BCUT2D eigenvalue weighted by Crippen LogP contribution is -2.30. The molecule has 1 saturated heterocycles. The molecule has 1 aliphatic heterocycles. The van der Waals surface area contributed by atoms with E-state index < -0.39 is 0 Å². The number of nitrogens with zero attached hydrogens (tertiary/aromatic N) is 2. The topological polar surface area (TPSA) is 32.8 Å². The minimum atomic E-state index is 0.141. The molecule has 5 heteroatoms. The van der Waals surface area contributed by atoms with Gasteiger partial charge in [-0.25, -0.2) is 0 Å². The highest BCUT2D eigenvalue weighted by atomic mass is 32.2. The van der Waals surface area contributed by atoms with Crippen LogP contribution in [-0.4, -0.2) is 49.9 Å². The number of hydrogen-bond acceptors (Lipinski definition) is 4. The van der Waals surface area contributed by atoms with Gasteiger partial charge < -0.3 is 14.5 Å². The van der Waals surface area contributed by atoms with Crippen molar-refractivity contribution in [2.24, 2.45) is 0 Å². The highest BCUT2D eigenvalue weighted by Crippen LogP contribution is 2.39. The number of anilines is 1. The highest BCUT2D eigenvalue weighted by molar-refractivity contribution is 8.00. The van der Waals surface area contributed by atoms with Gasteiger partial charge in [0.15, 0.2) is 0 Å². The molecular weight excluding hydrogens is 296 g/mol. The van der Waals surface area contributed by atoms with Gasteiger partial charge in [0.05, 0.1) is 11.9 Å². The maximum atomic E-state index is 12.1. The Balaban J connectivity index is 1.97. The maximum absolute atomic E-state index is 12.1. The summed E-state index contributed by atoms with van der Waals surface area (Å²) in [6.45, 7) is 5.54. The summed E-state index contributed by atoms with van der Waals surface area (Å²) in [5.74, 6) is 0.807. The van der Waals surface area contributed by atoms with Crippen molar-refractivity contribution in [3.63, 3.8) is 0 Å². The number of carbonyl (C=O) groups excluding carboxylic acids is 1. The molecule has 122 valence electrons. The van der Waals surface area contributed by atoms with Crippen molar-refractivity contribution in [2.75, 3.05) is 37.9 Å². The molecule has 0 radical (unpaired) electrons. The van der Waals surface area contributed by atoms with Gasteiger partial charge in [0.1, 0.15) is 5.37 Å². The van der Waals surface area contributed by atoms with Crippen LogP contribution in [0, 0.1) is 0 Å². The Bertz CT molecular complexity index is 488. The fraction of sp³-hybridized carbons (Fsp3) is 0.588. The van der Waals surface area contributed by atoms with Gasteiger partial charge in [-0.2, -0.15) is 0 Å². The van der Waals surface area contributed by atoms with Crippen LogP contribution in [0.2, 0.25) is 0 Å². The Morgan fingerprint density at radius 3 is 2.59 bits per heavy atom. The molecule has 1 unspecified atom stereocenters. The fourth-order valence-corrected chi connectivity index (χ4v) is 3.68. The third-order valence-corrected chi connectivity index (χ3v) is 4.91. The van der Waals surface area contributed by atoms with Crippen LogP contribution in [-0.2, 0) is 9.53 Å². The third kappa shape index (κ3) is 4.40. The van der Waals surface area contributed by atoms with Crippen LogP contribution >= 0.6 is 11.8 Å². The molecule has 1 heterocycles. The van der Waals surface area contributed by atoms with E-state index in [1.807, 2.05) is 32.8 Å². The van der Waals surface area contributed by atoms with E-state index in [1.165, 1.54) is 11.3 Å². The summed E-state index contributed by atoms with van der Waals surface area (Å²) < 4.78 is 5.57. The molecule has 1 aromatic carbocycles. The Kier molecular flexibility index (Phi) is 6.15. The van der Waals surface area contributed by atoms with E-state index in [0.29, 0.717) is 12.4 Å². The summed E-state index contributed by atoms with van der Waals surface area (Å²) in [5.41, 5.74) is 2.38. The van der Waals surface area contributed by atoms with Gasteiger partial charge in [0.25, 0.3) is 0 Å². The molecule has 0 N–H and O–H groups in total. The summed E-state index contributed by atoms with van der Waals surface area (Å²) >= 11 is 1.71. The normalized spacial score (nSPS) is 18.3. The Labute approximate surface area is 137 Å². The lowest BCUT2D eigenvalue weighted by molar-refractivity contribution is -0.128. The van der Waals surface area contributed by atoms with E-state index in [2.05, 4.69) is 29.2 Å². The van der Waals surface area contributed by atoms with E-state index in [1.54, 1.807) is 11.8 Å². The van der Waals surface area contributed by atoms with Crippen LogP contribution in [0.25, 0.3) is 0 Å². The minimum Gasteiger partial charge on any atom is -0.379 e. The number of carbonyl (C=O) groups is 1. The summed E-state index contributed by atoms with van der Waals surface area (Å²) in [6, 6.07) is 8.48. The zero-order valence-electron chi connectivity index (χ0n) is 13.9. The summed E-state index contributed by atoms with van der Waals surface area (Å²) in [7, 11) is 4.06. The van der Waals surface area contributed by atoms with Crippen LogP contribution in [0.1, 0.15) is 31.2 Å². The van der Waals surface area contributed by atoms with Crippen molar-refractivity contribution >= 4 is 23.4 Å². The minimum absolute atomic E-state index is 0.141. The van der Waals surface area contributed by atoms with Crippen LogP contribution in [0.5, 0.6) is 0 Å². The number of thioether (sulfide) groups is 1. The molecule has 0 aromatic heterocycles. The molecule has 0 spiro atoms. The van der Waals surface area contributed by atoms with Gasteiger partial charge in [-0.15, -0.1) is 11.8 Å². The molecule has 1 fully saturated rings. The van der Waals surface area contributed by atoms with Crippen LogP contribution in [0.4, 0.5) is 5.69 Å². The van der Waals surface area contributed by atoms with E-state index in [-0.39, 0.29) is 17.4 Å². The summed E-state index contributed by atoms with van der Waals surface area (Å²) in [5, 5.41) is 0.141. The molecule has 2 rings (SSSR count). The van der Waals surface area contributed by atoms with Crippen molar-refractivity contribution in [3.8, 4) is 0 Å². The second kappa shape index (κ2) is 7.88. The quantitative estimate of drug-likeness (QED) is 0.722. The van der Waals surface area contributed by atoms with Crippen molar-refractivity contribution in [3.05, 3.63) is 29.8 Å². The van der Waals surface area contributed by atoms with Crippen LogP contribution in [0.3, 0.4) is 0 Å². The predicted octanol–water partition coefficient (Wildman–Crippen LogP) is 3.14. The first-order valence-corrected chi connectivity index (χ1v) is 8.84. The molecule has 1 amide bonds. The van der Waals surface area contributed by atoms with Crippen molar-refractivity contribution in [2.45, 2.75) is 31.7 Å². The van der Waals surface area contributed by atoms with Crippen molar-refractivity contribution in [1.29, 1.82) is 0 Å². The van der Waals surface area contributed by atoms with E-state index in [9.17, 15) is 4.79 Å². The Hall–Kier alpha value is -1.20. The zero-order chi connectivity index (χ0) is 16.1. The molecule has 0 bridgehead atoms. The highest BCUT2D eigenvalue weighted by Gasteiger charge is 2.32. The van der Waals surface area contributed by atoms with Gasteiger partial charge in [-0.1, -0.05) is 12.1 Å². The molecule has 0 saturated carbocycles. The number of ether oxygens (including phenoxy) is 1. The van der Waals surface area contributed by atoms with E-state index in [4.69, 9.17) is 4.74 Å². The van der Waals surface area contributed by atoms with Crippen LogP contribution in [0.15, 0.2) is 24.3 Å². The van der Waals surface area contributed by atoms with Gasteiger partial charge in [-0.3, -0.25) is 4.79 Å². The lowest BCUT2D eigenvalue weighted by Gasteiger charge is -2.25. The lowest BCUT2D eigenvalue weighted by atomic mass is 10.1. The monoisotopic (exact) mass is 322 g/mol. The molecule has 22 heavy (non-hydrogen) atoms. The summed E-state index contributed by atoms with van der Waals surface area (Å²) in [4.78, 5) is 16.2. The van der Waals surface area contributed by atoms with Crippen LogP contribution < -0.4 is 4.90 Å². The molecule has 1 atom stereocenters. The zero-order valence-corrected chi connectivity index (χ0v) is 14.7. The first-order valence-electron chi connectivity index (χ1n) is 7.79. The molecular formula is C17H26N2O2S. The first kappa shape index (κ1) is 17.2. The van der Waals surface area contributed by atoms with Gasteiger partial charge in [0.2, 0.25) is 5.91 Å². The number of amides is 1. The molecule has 0 aliphatic carbocycles. The van der Waals surface area contributed by atoms with E-state index >= 15 is 0 Å². The number of rotatable bonds is 7.